The van der Waals surface area contributed by atoms with Crippen molar-refractivity contribution in [1.29, 1.82) is 5.26 Å². The monoisotopic (exact) mass is 283 g/mol. The van der Waals surface area contributed by atoms with Crippen LogP contribution in [0.2, 0.25) is 0 Å². The van der Waals surface area contributed by atoms with Crippen molar-refractivity contribution in [3.63, 3.8) is 0 Å². The molecule has 112 valence electrons. The van der Waals surface area contributed by atoms with Crippen LogP contribution in [0.4, 0.5) is 0 Å². The van der Waals surface area contributed by atoms with Crippen LogP contribution in [0.25, 0.3) is 0 Å². The van der Waals surface area contributed by atoms with Crippen LogP contribution in [0.5, 0.6) is 0 Å². The summed E-state index contributed by atoms with van der Waals surface area (Å²) in [6.45, 7) is 10.9. The fraction of sp³-hybridized carbons (Fsp3) is 0.556. The maximum absolute atomic E-state index is 9.23. The lowest BCUT2D eigenvalue weighted by molar-refractivity contribution is 0.325. The minimum atomic E-state index is 0.0925. The van der Waals surface area contributed by atoms with Crippen LogP contribution in [0.15, 0.2) is 23.2 Å². The van der Waals surface area contributed by atoms with Crippen LogP contribution >= 0.6 is 0 Å². The van der Waals surface area contributed by atoms with E-state index in [-0.39, 0.29) is 5.41 Å². The van der Waals surface area contributed by atoms with Crippen molar-refractivity contribution >= 4 is 5.84 Å². The molecule has 1 heterocycles. The van der Waals surface area contributed by atoms with E-state index in [1.807, 2.05) is 12.1 Å². The van der Waals surface area contributed by atoms with Gasteiger partial charge in [-0.3, -0.25) is 4.99 Å². The number of rotatable bonds is 4. The maximum Gasteiger partial charge on any atom is 0.131 e. The highest BCUT2D eigenvalue weighted by Gasteiger charge is 2.33. The first-order valence-electron chi connectivity index (χ1n) is 7.74. The molecule has 0 radical (unpaired) electrons. The summed E-state index contributed by atoms with van der Waals surface area (Å²) in [7, 11) is 2.08. The van der Waals surface area contributed by atoms with Crippen LogP contribution in [-0.4, -0.2) is 30.9 Å². The van der Waals surface area contributed by atoms with Gasteiger partial charge in [0.05, 0.1) is 18.2 Å². The number of aliphatic imine (C=N–C) groups is 1. The Morgan fingerprint density at radius 2 is 2.14 bits per heavy atom. The molecule has 21 heavy (non-hydrogen) atoms. The minimum absolute atomic E-state index is 0.0925. The van der Waals surface area contributed by atoms with Crippen LogP contribution < -0.4 is 0 Å². The van der Waals surface area contributed by atoms with Gasteiger partial charge in [-0.25, -0.2) is 0 Å². The van der Waals surface area contributed by atoms with Gasteiger partial charge in [0.2, 0.25) is 0 Å². The van der Waals surface area contributed by atoms with Crippen molar-refractivity contribution in [2.24, 2.45) is 10.9 Å². The third kappa shape index (κ3) is 2.68. The molecule has 0 fully saturated rings. The van der Waals surface area contributed by atoms with Crippen molar-refractivity contribution in [3.05, 3.63) is 34.9 Å². The summed E-state index contributed by atoms with van der Waals surface area (Å²) in [5.74, 6) is 1.56. The third-order valence-electron chi connectivity index (χ3n) is 5.07. The quantitative estimate of drug-likeness (QED) is 0.847. The largest absolute Gasteiger partial charge is 0.358 e. The van der Waals surface area contributed by atoms with E-state index in [2.05, 4.69) is 56.8 Å². The highest BCUT2D eigenvalue weighted by molar-refractivity contribution is 6.01. The molecule has 0 bridgehead atoms. The maximum atomic E-state index is 9.23. The van der Waals surface area contributed by atoms with Gasteiger partial charge in [0.25, 0.3) is 0 Å². The molecule has 0 aliphatic carbocycles. The number of amidine groups is 1. The van der Waals surface area contributed by atoms with E-state index < -0.39 is 0 Å². The lowest BCUT2D eigenvalue weighted by Crippen LogP contribution is -2.32. The molecular formula is C18H25N3. The number of hydrogen-bond acceptors (Lipinski definition) is 3. The Balaban J connectivity index is 2.64. The van der Waals surface area contributed by atoms with E-state index in [9.17, 15) is 5.26 Å². The number of hydrogen-bond donors (Lipinski definition) is 0. The predicted octanol–water partition coefficient (Wildman–Crippen LogP) is 3.57. The Morgan fingerprint density at radius 1 is 1.43 bits per heavy atom. The third-order valence-corrected chi connectivity index (χ3v) is 5.07. The highest BCUT2D eigenvalue weighted by Crippen LogP contribution is 2.38. The number of nitrogens with zero attached hydrogens (tertiary/aromatic N) is 3. The molecule has 1 aliphatic rings. The summed E-state index contributed by atoms with van der Waals surface area (Å²) < 4.78 is 0. The zero-order valence-electron chi connectivity index (χ0n) is 13.8. The second kappa shape index (κ2) is 5.89. The molecular weight excluding hydrogens is 258 g/mol. The molecule has 1 aromatic rings. The first-order chi connectivity index (χ1) is 9.93. The molecule has 0 saturated heterocycles. The average Bonchev–Trinajstić information content (AvgIpc) is 2.91. The van der Waals surface area contributed by atoms with Crippen molar-refractivity contribution < 1.29 is 0 Å². The van der Waals surface area contributed by atoms with Gasteiger partial charge in [-0.1, -0.05) is 33.8 Å². The van der Waals surface area contributed by atoms with Gasteiger partial charge >= 0.3 is 0 Å². The zero-order valence-corrected chi connectivity index (χ0v) is 13.8. The van der Waals surface area contributed by atoms with Crippen molar-refractivity contribution in [2.45, 2.75) is 39.5 Å². The van der Waals surface area contributed by atoms with Gasteiger partial charge in [-0.15, -0.1) is 0 Å². The Labute approximate surface area is 128 Å². The van der Waals surface area contributed by atoms with E-state index >= 15 is 0 Å². The van der Waals surface area contributed by atoms with Crippen LogP contribution in [0, 0.1) is 17.2 Å². The summed E-state index contributed by atoms with van der Waals surface area (Å²) in [5.41, 5.74) is 3.24. The molecule has 0 aromatic heterocycles. The normalized spacial score (nSPS) is 17.6. The van der Waals surface area contributed by atoms with Gasteiger partial charge in [0.15, 0.2) is 0 Å². The zero-order chi connectivity index (χ0) is 15.6. The molecule has 1 aliphatic heterocycles. The van der Waals surface area contributed by atoms with Gasteiger partial charge in [0, 0.05) is 19.2 Å². The van der Waals surface area contributed by atoms with E-state index in [1.165, 1.54) is 5.56 Å². The first-order valence-corrected chi connectivity index (χ1v) is 7.74. The van der Waals surface area contributed by atoms with Crippen molar-refractivity contribution in [2.75, 3.05) is 20.1 Å². The lowest BCUT2D eigenvalue weighted by atomic mass is 9.69. The number of benzene rings is 1. The molecule has 0 N–H and O–H groups in total. The van der Waals surface area contributed by atoms with Gasteiger partial charge in [-0.2, -0.15) is 5.26 Å². The number of likely N-dealkylation sites (N-methyl/N-ethyl adjacent to an activating group) is 1. The van der Waals surface area contributed by atoms with E-state index in [1.54, 1.807) is 0 Å². The second-order valence-electron chi connectivity index (χ2n) is 6.42. The highest BCUT2D eigenvalue weighted by atomic mass is 15.2. The molecule has 1 aromatic carbocycles. The standard InChI is InChI=1S/C18H25N3/c1-6-18(4,13(2)3)16-8-7-14(12-19)11-15(16)17-20-9-10-21(17)5/h7-8,11,13H,6,9-10H2,1-5H3. The topological polar surface area (TPSA) is 39.4 Å². The van der Waals surface area contributed by atoms with E-state index in [0.29, 0.717) is 11.5 Å². The Bertz CT molecular complexity index is 595. The molecule has 1 unspecified atom stereocenters. The second-order valence-corrected chi connectivity index (χ2v) is 6.42. The summed E-state index contributed by atoms with van der Waals surface area (Å²) in [4.78, 5) is 6.85. The fourth-order valence-corrected chi connectivity index (χ4v) is 3.03. The van der Waals surface area contributed by atoms with Crippen LogP contribution in [0.3, 0.4) is 0 Å². The molecule has 3 heteroatoms. The van der Waals surface area contributed by atoms with Gasteiger partial charge < -0.3 is 4.90 Å². The summed E-state index contributed by atoms with van der Waals surface area (Å²) in [6, 6.07) is 8.33. The van der Waals surface area contributed by atoms with E-state index in [0.717, 1.165) is 30.9 Å². The predicted molar refractivity (Wildman–Crippen MR) is 87.7 cm³/mol. The molecule has 0 amide bonds. The van der Waals surface area contributed by atoms with Gasteiger partial charge in [-0.05, 0) is 35.4 Å². The summed E-state index contributed by atoms with van der Waals surface area (Å²) in [6.07, 6.45) is 1.07. The molecule has 1 atom stereocenters. The summed E-state index contributed by atoms with van der Waals surface area (Å²) >= 11 is 0. The average molecular weight is 283 g/mol. The van der Waals surface area contributed by atoms with Gasteiger partial charge in [0.1, 0.15) is 5.84 Å². The minimum Gasteiger partial charge on any atom is -0.358 e. The molecule has 2 rings (SSSR count). The molecule has 3 nitrogen and oxygen atoms in total. The first kappa shape index (κ1) is 15.6. The lowest BCUT2D eigenvalue weighted by Gasteiger charge is -2.36. The SMILES string of the molecule is CCC(C)(c1ccc(C#N)cc1C1=NCCN1C)C(C)C. The van der Waals surface area contributed by atoms with Crippen molar-refractivity contribution in [3.8, 4) is 6.07 Å². The fourth-order valence-electron chi connectivity index (χ4n) is 3.03. The Morgan fingerprint density at radius 3 is 2.62 bits per heavy atom. The van der Waals surface area contributed by atoms with Crippen LogP contribution in [0.1, 0.15) is 50.8 Å². The van der Waals surface area contributed by atoms with Crippen LogP contribution in [-0.2, 0) is 5.41 Å². The summed E-state index contributed by atoms with van der Waals surface area (Å²) in [5, 5.41) is 9.23. The molecule has 0 spiro atoms. The molecule has 0 saturated carbocycles. The smallest absolute Gasteiger partial charge is 0.131 e. The van der Waals surface area contributed by atoms with Crippen molar-refractivity contribution in [1.82, 2.24) is 4.90 Å². The number of nitriles is 1. The van der Waals surface area contributed by atoms with E-state index in [4.69, 9.17) is 0 Å². The Hall–Kier alpha value is -1.82. The Kier molecular flexibility index (Phi) is 4.37.